The Morgan fingerprint density at radius 1 is 1.35 bits per heavy atom. The van der Waals surface area contributed by atoms with Crippen molar-refractivity contribution >= 4 is 33.0 Å². The van der Waals surface area contributed by atoms with E-state index in [9.17, 15) is 0 Å². The third-order valence-corrected chi connectivity index (χ3v) is 3.62. The molecule has 5 heteroatoms. The van der Waals surface area contributed by atoms with Gasteiger partial charge in [0.25, 0.3) is 0 Å². The molecule has 1 heterocycles. The van der Waals surface area contributed by atoms with Crippen molar-refractivity contribution in [1.82, 2.24) is 10.3 Å². The van der Waals surface area contributed by atoms with Crippen LogP contribution in [-0.2, 0) is 13.1 Å². The minimum absolute atomic E-state index is 0.779. The zero-order chi connectivity index (χ0) is 12.3. The van der Waals surface area contributed by atoms with Gasteiger partial charge in [-0.05, 0) is 30.7 Å². The van der Waals surface area contributed by atoms with Crippen LogP contribution in [0.3, 0.4) is 0 Å². The average molecular weight is 312 g/mol. The molecular weight excluding hydrogens is 298 g/mol. The molecule has 0 saturated heterocycles. The molecule has 3 nitrogen and oxygen atoms in total. The van der Waals surface area contributed by atoms with Crippen LogP contribution >= 0.6 is 27.3 Å². The molecule has 90 valence electrons. The molecule has 0 saturated carbocycles. The molecule has 0 unspecified atom stereocenters. The van der Waals surface area contributed by atoms with Gasteiger partial charge < -0.3 is 11.1 Å². The Morgan fingerprint density at radius 3 is 2.82 bits per heavy atom. The average Bonchev–Trinajstić information content (AvgIpc) is 2.63. The Morgan fingerprint density at radius 2 is 2.18 bits per heavy atom. The lowest BCUT2D eigenvalue weighted by Crippen LogP contribution is -2.12. The summed E-state index contributed by atoms with van der Waals surface area (Å²) in [5.41, 5.74) is 7.73. The van der Waals surface area contributed by atoms with E-state index in [1.807, 2.05) is 18.3 Å². The maximum absolute atomic E-state index is 5.78. The van der Waals surface area contributed by atoms with Gasteiger partial charge in [-0.3, -0.25) is 0 Å². The normalized spacial score (nSPS) is 10.7. The SMILES string of the molecule is Cc1cnc(CNCc2cc(N)cc(Br)c2)s1. The highest BCUT2D eigenvalue weighted by Crippen LogP contribution is 2.17. The predicted octanol–water partition coefficient (Wildman–Crippen LogP) is 3.09. The fourth-order valence-corrected chi connectivity index (χ4v) is 2.89. The van der Waals surface area contributed by atoms with Gasteiger partial charge in [0.1, 0.15) is 5.01 Å². The molecule has 0 atom stereocenters. The summed E-state index contributed by atoms with van der Waals surface area (Å²) in [5, 5.41) is 4.47. The van der Waals surface area contributed by atoms with Crippen LogP contribution in [0.15, 0.2) is 28.9 Å². The lowest BCUT2D eigenvalue weighted by Gasteiger charge is -2.05. The summed E-state index contributed by atoms with van der Waals surface area (Å²) in [4.78, 5) is 5.55. The number of aromatic nitrogens is 1. The zero-order valence-electron chi connectivity index (χ0n) is 9.53. The number of nitrogens with zero attached hydrogens (tertiary/aromatic N) is 1. The second kappa shape index (κ2) is 5.62. The molecule has 1 aromatic heterocycles. The molecule has 0 aliphatic carbocycles. The number of nitrogens with one attached hydrogen (secondary N) is 1. The van der Waals surface area contributed by atoms with Gasteiger partial charge in [0, 0.05) is 34.3 Å². The first kappa shape index (κ1) is 12.5. The van der Waals surface area contributed by atoms with Crippen LogP contribution in [0.1, 0.15) is 15.4 Å². The summed E-state index contributed by atoms with van der Waals surface area (Å²) in [6.07, 6.45) is 1.90. The maximum Gasteiger partial charge on any atom is 0.107 e. The monoisotopic (exact) mass is 311 g/mol. The smallest absolute Gasteiger partial charge is 0.107 e. The molecule has 1 aromatic carbocycles. The second-order valence-electron chi connectivity index (χ2n) is 3.86. The number of nitrogen functional groups attached to an aromatic ring is 1. The second-order valence-corrected chi connectivity index (χ2v) is 6.10. The summed E-state index contributed by atoms with van der Waals surface area (Å²) in [7, 11) is 0. The highest BCUT2D eigenvalue weighted by atomic mass is 79.9. The fourth-order valence-electron chi connectivity index (χ4n) is 1.57. The number of rotatable bonds is 4. The Labute approximate surface area is 113 Å². The number of thiazole rings is 1. The van der Waals surface area contributed by atoms with Crippen LogP contribution in [-0.4, -0.2) is 4.98 Å². The van der Waals surface area contributed by atoms with E-state index in [0.717, 1.165) is 28.3 Å². The first-order chi connectivity index (χ1) is 8.13. The molecule has 0 aliphatic heterocycles. The topological polar surface area (TPSA) is 50.9 Å². The van der Waals surface area contributed by atoms with E-state index in [1.54, 1.807) is 11.3 Å². The number of hydrogen-bond acceptors (Lipinski definition) is 4. The molecule has 0 amide bonds. The molecule has 2 aromatic rings. The number of aryl methyl sites for hydroxylation is 1. The largest absolute Gasteiger partial charge is 0.399 e. The summed E-state index contributed by atoms with van der Waals surface area (Å²) in [5.74, 6) is 0. The van der Waals surface area contributed by atoms with Gasteiger partial charge in [0.2, 0.25) is 0 Å². The van der Waals surface area contributed by atoms with Crippen molar-refractivity contribution in [2.75, 3.05) is 5.73 Å². The fraction of sp³-hybridized carbons (Fsp3) is 0.250. The van der Waals surface area contributed by atoms with E-state index < -0.39 is 0 Å². The molecule has 0 radical (unpaired) electrons. The molecule has 0 aliphatic rings. The van der Waals surface area contributed by atoms with E-state index >= 15 is 0 Å². The Kier molecular flexibility index (Phi) is 4.15. The standard InChI is InChI=1S/C12H14BrN3S/c1-8-5-16-12(17-8)7-15-6-9-2-10(13)4-11(14)3-9/h2-5,15H,6-7,14H2,1H3. The van der Waals surface area contributed by atoms with Gasteiger partial charge in [0.15, 0.2) is 0 Å². The van der Waals surface area contributed by atoms with Crippen LogP contribution < -0.4 is 11.1 Å². The van der Waals surface area contributed by atoms with Gasteiger partial charge >= 0.3 is 0 Å². The van der Waals surface area contributed by atoms with Crippen molar-refractivity contribution in [3.8, 4) is 0 Å². The van der Waals surface area contributed by atoms with E-state index in [2.05, 4.69) is 39.2 Å². The van der Waals surface area contributed by atoms with Crippen molar-refractivity contribution in [2.24, 2.45) is 0 Å². The molecule has 0 bridgehead atoms. The summed E-state index contributed by atoms with van der Waals surface area (Å²) >= 11 is 5.16. The Bertz CT molecular complexity index is 490. The van der Waals surface area contributed by atoms with Crippen molar-refractivity contribution in [1.29, 1.82) is 0 Å². The first-order valence-corrected chi connectivity index (χ1v) is 6.91. The van der Waals surface area contributed by atoms with Crippen molar-refractivity contribution < 1.29 is 0 Å². The van der Waals surface area contributed by atoms with E-state index in [1.165, 1.54) is 10.4 Å². The highest BCUT2D eigenvalue weighted by Gasteiger charge is 2.00. The third-order valence-electron chi connectivity index (χ3n) is 2.25. The van der Waals surface area contributed by atoms with Crippen molar-refractivity contribution in [3.05, 3.63) is 44.3 Å². The van der Waals surface area contributed by atoms with E-state index in [4.69, 9.17) is 5.73 Å². The summed E-state index contributed by atoms with van der Waals surface area (Å²) in [6.45, 7) is 3.66. The summed E-state index contributed by atoms with van der Waals surface area (Å²) < 4.78 is 1.01. The lowest BCUT2D eigenvalue weighted by atomic mass is 10.2. The quantitative estimate of drug-likeness (QED) is 0.853. The molecule has 17 heavy (non-hydrogen) atoms. The molecule has 3 N–H and O–H groups in total. The van der Waals surface area contributed by atoms with Crippen LogP contribution in [0.25, 0.3) is 0 Å². The van der Waals surface area contributed by atoms with Gasteiger partial charge in [-0.15, -0.1) is 11.3 Å². The number of halogens is 1. The van der Waals surface area contributed by atoms with Gasteiger partial charge in [-0.25, -0.2) is 4.98 Å². The minimum atomic E-state index is 0.779. The molecular formula is C12H14BrN3S. The Balaban J connectivity index is 1.89. The number of hydrogen-bond donors (Lipinski definition) is 2. The minimum Gasteiger partial charge on any atom is -0.399 e. The number of benzene rings is 1. The van der Waals surface area contributed by atoms with E-state index in [-0.39, 0.29) is 0 Å². The van der Waals surface area contributed by atoms with Crippen LogP contribution in [0.5, 0.6) is 0 Å². The van der Waals surface area contributed by atoms with E-state index in [0.29, 0.717) is 0 Å². The Hall–Kier alpha value is -0.910. The van der Waals surface area contributed by atoms with Gasteiger partial charge in [0.05, 0.1) is 0 Å². The third kappa shape index (κ3) is 3.80. The van der Waals surface area contributed by atoms with Crippen molar-refractivity contribution in [3.63, 3.8) is 0 Å². The lowest BCUT2D eigenvalue weighted by molar-refractivity contribution is 0.690. The van der Waals surface area contributed by atoms with Crippen LogP contribution in [0.4, 0.5) is 5.69 Å². The van der Waals surface area contributed by atoms with Gasteiger partial charge in [-0.2, -0.15) is 0 Å². The molecule has 2 rings (SSSR count). The van der Waals surface area contributed by atoms with Crippen LogP contribution in [0, 0.1) is 6.92 Å². The van der Waals surface area contributed by atoms with Crippen molar-refractivity contribution in [2.45, 2.75) is 20.0 Å². The zero-order valence-corrected chi connectivity index (χ0v) is 11.9. The predicted molar refractivity (Wildman–Crippen MR) is 75.9 cm³/mol. The molecule has 0 fully saturated rings. The number of nitrogens with two attached hydrogens (primary N) is 1. The molecule has 0 spiro atoms. The number of anilines is 1. The maximum atomic E-state index is 5.78. The highest BCUT2D eigenvalue weighted by molar-refractivity contribution is 9.10. The van der Waals surface area contributed by atoms with Crippen LogP contribution in [0.2, 0.25) is 0 Å². The first-order valence-electron chi connectivity index (χ1n) is 5.30. The summed E-state index contributed by atoms with van der Waals surface area (Å²) in [6, 6.07) is 5.94. The van der Waals surface area contributed by atoms with Gasteiger partial charge in [-0.1, -0.05) is 15.9 Å².